The SMILES string of the molecule is COc1ccc(-n2nccc2-c2ccc3noc(-c4ccc(Cl)cc4)c3c2)cc1. The Labute approximate surface area is 172 Å². The maximum Gasteiger partial charge on any atom is 0.174 e. The molecule has 0 fully saturated rings. The van der Waals surface area contributed by atoms with Gasteiger partial charge in [-0.2, -0.15) is 5.10 Å². The summed E-state index contributed by atoms with van der Waals surface area (Å²) in [4.78, 5) is 0. The van der Waals surface area contributed by atoms with E-state index in [0.29, 0.717) is 10.8 Å². The number of rotatable bonds is 4. The molecule has 0 bridgehead atoms. The summed E-state index contributed by atoms with van der Waals surface area (Å²) in [6, 6.07) is 23.4. The van der Waals surface area contributed by atoms with E-state index in [2.05, 4.69) is 16.3 Å². The smallest absolute Gasteiger partial charge is 0.174 e. The summed E-state index contributed by atoms with van der Waals surface area (Å²) in [7, 11) is 1.65. The molecule has 0 aliphatic heterocycles. The van der Waals surface area contributed by atoms with Gasteiger partial charge in [-0.15, -0.1) is 0 Å². The Morgan fingerprint density at radius 1 is 0.897 bits per heavy atom. The lowest BCUT2D eigenvalue weighted by molar-refractivity contribution is 0.414. The maximum atomic E-state index is 6.01. The van der Waals surface area contributed by atoms with Crippen molar-refractivity contribution in [1.29, 1.82) is 0 Å². The van der Waals surface area contributed by atoms with Crippen molar-refractivity contribution in [1.82, 2.24) is 14.9 Å². The van der Waals surface area contributed by atoms with E-state index in [1.54, 1.807) is 13.3 Å². The van der Waals surface area contributed by atoms with Crippen molar-refractivity contribution in [3.63, 3.8) is 0 Å². The molecular weight excluding hydrogens is 386 g/mol. The minimum absolute atomic E-state index is 0.682. The summed E-state index contributed by atoms with van der Waals surface area (Å²) in [6.45, 7) is 0. The highest BCUT2D eigenvalue weighted by atomic mass is 35.5. The molecule has 0 aliphatic rings. The normalized spacial score (nSPS) is 11.1. The quantitative estimate of drug-likeness (QED) is 0.370. The number of halogens is 1. The molecule has 0 saturated heterocycles. The fourth-order valence-electron chi connectivity index (χ4n) is 3.36. The van der Waals surface area contributed by atoms with Crippen molar-refractivity contribution in [3.05, 3.63) is 84.0 Å². The average Bonchev–Trinajstić information content (AvgIpc) is 3.41. The third-order valence-electron chi connectivity index (χ3n) is 4.84. The van der Waals surface area contributed by atoms with Crippen LogP contribution in [0.4, 0.5) is 0 Å². The van der Waals surface area contributed by atoms with Crippen LogP contribution in [0.5, 0.6) is 5.75 Å². The molecule has 6 heteroatoms. The summed E-state index contributed by atoms with van der Waals surface area (Å²) in [6.07, 6.45) is 1.79. The fraction of sp³-hybridized carbons (Fsp3) is 0.0435. The van der Waals surface area contributed by atoms with E-state index in [9.17, 15) is 0 Å². The molecule has 5 nitrogen and oxygen atoms in total. The van der Waals surface area contributed by atoms with E-state index in [1.165, 1.54) is 0 Å². The average molecular weight is 402 g/mol. The van der Waals surface area contributed by atoms with Crippen molar-refractivity contribution in [2.75, 3.05) is 7.11 Å². The Morgan fingerprint density at radius 2 is 1.66 bits per heavy atom. The topological polar surface area (TPSA) is 53.1 Å². The Balaban J connectivity index is 1.60. The number of ether oxygens (including phenoxy) is 1. The Hall–Kier alpha value is -3.57. The first kappa shape index (κ1) is 17.5. The number of aromatic nitrogens is 3. The molecule has 0 amide bonds. The molecule has 0 N–H and O–H groups in total. The first-order chi connectivity index (χ1) is 14.2. The third kappa shape index (κ3) is 3.15. The van der Waals surface area contributed by atoms with Gasteiger partial charge in [0.15, 0.2) is 5.76 Å². The number of benzene rings is 3. The van der Waals surface area contributed by atoms with Crippen LogP contribution in [0.15, 0.2) is 83.5 Å². The number of hydrogen-bond donors (Lipinski definition) is 0. The van der Waals surface area contributed by atoms with Gasteiger partial charge in [-0.25, -0.2) is 4.68 Å². The van der Waals surface area contributed by atoms with Gasteiger partial charge in [0, 0.05) is 16.1 Å². The highest BCUT2D eigenvalue weighted by Crippen LogP contribution is 2.33. The van der Waals surface area contributed by atoms with Crippen LogP contribution in [0.1, 0.15) is 0 Å². The minimum atomic E-state index is 0.682. The zero-order valence-corrected chi connectivity index (χ0v) is 16.3. The zero-order valence-electron chi connectivity index (χ0n) is 15.5. The van der Waals surface area contributed by atoms with E-state index in [1.807, 2.05) is 71.4 Å². The van der Waals surface area contributed by atoms with Crippen molar-refractivity contribution >= 4 is 22.5 Å². The number of nitrogens with zero attached hydrogens (tertiary/aromatic N) is 3. The molecule has 0 saturated carbocycles. The minimum Gasteiger partial charge on any atom is -0.497 e. The molecule has 0 radical (unpaired) electrons. The standard InChI is InChI=1S/C23H16ClN3O2/c1-28-19-9-7-18(8-10-19)27-22(12-13-25-27)16-4-11-21-20(14-16)23(29-26-21)15-2-5-17(24)6-3-15/h2-14H,1H3. The summed E-state index contributed by atoms with van der Waals surface area (Å²) >= 11 is 6.01. The summed E-state index contributed by atoms with van der Waals surface area (Å²) in [5.41, 5.74) is 4.67. The number of fused-ring (bicyclic) bond motifs is 1. The Bertz CT molecular complexity index is 1290. The lowest BCUT2D eigenvalue weighted by Gasteiger charge is -2.09. The second-order valence-corrected chi connectivity index (χ2v) is 7.01. The van der Waals surface area contributed by atoms with Gasteiger partial charge in [0.1, 0.15) is 11.3 Å². The summed E-state index contributed by atoms with van der Waals surface area (Å²) in [5, 5.41) is 10.3. The van der Waals surface area contributed by atoms with Gasteiger partial charge in [-0.1, -0.05) is 22.8 Å². The van der Waals surface area contributed by atoms with Crippen LogP contribution in [0.3, 0.4) is 0 Å². The van der Waals surface area contributed by atoms with Crippen LogP contribution in [0.25, 0.3) is 39.2 Å². The van der Waals surface area contributed by atoms with Crippen LogP contribution in [-0.2, 0) is 0 Å². The maximum absolute atomic E-state index is 6.01. The van der Waals surface area contributed by atoms with E-state index < -0.39 is 0 Å². The molecule has 0 aliphatic carbocycles. The molecule has 2 aromatic heterocycles. The lowest BCUT2D eigenvalue weighted by atomic mass is 10.0. The molecule has 0 unspecified atom stereocenters. The van der Waals surface area contributed by atoms with Crippen molar-refractivity contribution in [3.8, 4) is 34.0 Å². The van der Waals surface area contributed by atoms with Gasteiger partial charge in [0.2, 0.25) is 0 Å². The van der Waals surface area contributed by atoms with E-state index in [0.717, 1.165) is 39.2 Å². The zero-order chi connectivity index (χ0) is 19.8. The second kappa shape index (κ2) is 7.11. The van der Waals surface area contributed by atoms with Crippen LogP contribution >= 0.6 is 11.6 Å². The Morgan fingerprint density at radius 3 is 2.41 bits per heavy atom. The third-order valence-corrected chi connectivity index (χ3v) is 5.09. The largest absolute Gasteiger partial charge is 0.497 e. The molecule has 3 aromatic carbocycles. The molecule has 5 aromatic rings. The lowest BCUT2D eigenvalue weighted by Crippen LogP contribution is -1.98. The molecule has 0 spiro atoms. The van der Waals surface area contributed by atoms with Crippen LogP contribution in [0, 0.1) is 0 Å². The molecule has 29 heavy (non-hydrogen) atoms. The highest BCUT2D eigenvalue weighted by molar-refractivity contribution is 6.30. The molecule has 0 atom stereocenters. The molecular formula is C23H16ClN3O2. The monoisotopic (exact) mass is 401 g/mol. The number of methoxy groups -OCH3 is 1. The van der Waals surface area contributed by atoms with Gasteiger partial charge in [-0.3, -0.25) is 0 Å². The van der Waals surface area contributed by atoms with E-state index in [4.69, 9.17) is 20.9 Å². The molecule has 2 heterocycles. The predicted octanol–water partition coefficient (Wildman–Crippen LogP) is 6.01. The summed E-state index contributed by atoms with van der Waals surface area (Å²) < 4.78 is 12.8. The highest BCUT2D eigenvalue weighted by Gasteiger charge is 2.14. The van der Waals surface area contributed by atoms with E-state index >= 15 is 0 Å². The van der Waals surface area contributed by atoms with Crippen molar-refractivity contribution in [2.45, 2.75) is 0 Å². The van der Waals surface area contributed by atoms with Crippen LogP contribution in [0.2, 0.25) is 5.02 Å². The van der Waals surface area contributed by atoms with Crippen LogP contribution in [-0.4, -0.2) is 22.0 Å². The first-order valence-electron chi connectivity index (χ1n) is 9.07. The molecule has 5 rings (SSSR count). The Kier molecular flexibility index (Phi) is 4.30. The van der Waals surface area contributed by atoms with Gasteiger partial charge in [-0.05, 0) is 66.7 Å². The van der Waals surface area contributed by atoms with Crippen molar-refractivity contribution < 1.29 is 9.26 Å². The van der Waals surface area contributed by atoms with Gasteiger partial charge < -0.3 is 9.26 Å². The predicted molar refractivity (Wildman–Crippen MR) is 114 cm³/mol. The summed E-state index contributed by atoms with van der Waals surface area (Å²) in [5.74, 6) is 1.52. The van der Waals surface area contributed by atoms with Crippen LogP contribution < -0.4 is 4.74 Å². The van der Waals surface area contributed by atoms with Gasteiger partial charge >= 0.3 is 0 Å². The number of hydrogen-bond acceptors (Lipinski definition) is 4. The fourth-order valence-corrected chi connectivity index (χ4v) is 3.49. The second-order valence-electron chi connectivity index (χ2n) is 6.58. The first-order valence-corrected chi connectivity index (χ1v) is 9.45. The van der Waals surface area contributed by atoms with E-state index in [-0.39, 0.29) is 0 Å². The van der Waals surface area contributed by atoms with Gasteiger partial charge in [0.05, 0.1) is 30.1 Å². The van der Waals surface area contributed by atoms with Crippen molar-refractivity contribution in [2.24, 2.45) is 0 Å². The van der Waals surface area contributed by atoms with Gasteiger partial charge in [0.25, 0.3) is 0 Å². The molecule has 142 valence electrons.